The molecule has 2 N–H and O–H groups in total. The van der Waals surface area contributed by atoms with Crippen LogP contribution in [0.25, 0.3) is 0 Å². The molecule has 0 aliphatic rings. The van der Waals surface area contributed by atoms with Crippen LogP contribution in [-0.2, 0) is 11.3 Å². The van der Waals surface area contributed by atoms with E-state index in [9.17, 15) is 9.59 Å². The van der Waals surface area contributed by atoms with E-state index in [0.29, 0.717) is 46.0 Å². The van der Waals surface area contributed by atoms with Crippen LogP contribution in [0.1, 0.15) is 42.5 Å². The Hall–Kier alpha value is -3.30. The first-order valence-corrected chi connectivity index (χ1v) is 12.8. The normalized spacial score (nSPS) is 11.7. The quantitative estimate of drug-likeness (QED) is 0.242. The van der Waals surface area contributed by atoms with Gasteiger partial charge in [-0.05, 0) is 36.6 Å². The fourth-order valence-corrected chi connectivity index (χ4v) is 4.55. The number of aromatic nitrogens is 3. The third kappa shape index (κ3) is 7.35. The van der Waals surface area contributed by atoms with E-state index in [0.717, 1.165) is 0 Å². The van der Waals surface area contributed by atoms with Crippen LogP contribution < -0.4 is 15.4 Å². The summed E-state index contributed by atoms with van der Waals surface area (Å²) in [6.07, 6.45) is 2.38. The van der Waals surface area contributed by atoms with Crippen molar-refractivity contribution in [2.24, 2.45) is 5.92 Å². The van der Waals surface area contributed by atoms with Crippen molar-refractivity contribution in [1.29, 1.82) is 0 Å². The lowest BCUT2D eigenvalue weighted by atomic mass is 10.0. The zero-order valence-electron chi connectivity index (χ0n) is 20.5. The van der Waals surface area contributed by atoms with E-state index in [1.807, 2.05) is 10.6 Å². The van der Waals surface area contributed by atoms with Crippen LogP contribution >= 0.6 is 23.4 Å². The molecule has 0 fully saturated rings. The lowest BCUT2D eigenvalue weighted by Crippen LogP contribution is -2.32. The van der Waals surface area contributed by atoms with E-state index in [1.165, 1.54) is 11.8 Å². The molecule has 2 aromatic carbocycles. The maximum Gasteiger partial charge on any atom is 0.253 e. The molecule has 3 aromatic rings. The molecule has 0 saturated heterocycles. The third-order valence-corrected chi connectivity index (χ3v) is 6.48. The summed E-state index contributed by atoms with van der Waals surface area (Å²) >= 11 is 7.49. The number of carbonyl (C=O) groups excluding carboxylic acids is 2. The number of hydrogen-bond donors (Lipinski definition) is 2. The van der Waals surface area contributed by atoms with Gasteiger partial charge in [-0.3, -0.25) is 9.59 Å². The van der Waals surface area contributed by atoms with E-state index < -0.39 is 6.04 Å². The molecular formula is C26H30ClN5O3S. The van der Waals surface area contributed by atoms with Crippen LogP contribution in [-0.4, -0.2) is 39.4 Å². The highest BCUT2D eigenvalue weighted by Gasteiger charge is 2.25. The number of hydrogen-bond acceptors (Lipinski definition) is 6. The second-order valence-electron chi connectivity index (χ2n) is 8.44. The molecule has 0 saturated carbocycles. The van der Waals surface area contributed by atoms with Gasteiger partial charge in [0.1, 0.15) is 5.75 Å². The summed E-state index contributed by atoms with van der Waals surface area (Å²) in [4.78, 5) is 25.6. The number of thioether (sulfide) groups is 1. The maximum absolute atomic E-state index is 13.0. The molecule has 0 aliphatic heterocycles. The lowest BCUT2D eigenvalue weighted by molar-refractivity contribution is -0.113. The van der Waals surface area contributed by atoms with Crippen molar-refractivity contribution in [3.8, 4) is 5.75 Å². The molecule has 0 aliphatic carbocycles. The molecule has 0 bridgehead atoms. The number of anilines is 1. The Bertz CT molecular complexity index is 1210. The number of amides is 2. The maximum atomic E-state index is 13.0. The van der Waals surface area contributed by atoms with Crippen molar-refractivity contribution in [2.45, 2.75) is 38.0 Å². The summed E-state index contributed by atoms with van der Waals surface area (Å²) in [7, 11) is 1.57. The predicted molar refractivity (Wildman–Crippen MR) is 144 cm³/mol. The highest BCUT2D eigenvalue weighted by molar-refractivity contribution is 7.99. The second-order valence-corrected chi connectivity index (χ2v) is 9.79. The van der Waals surface area contributed by atoms with Crippen molar-refractivity contribution in [1.82, 2.24) is 20.1 Å². The van der Waals surface area contributed by atoms with Gasteiger partial charge in [0.2, 0.25) is 5.91 Å². The average Bonchev–Trinajstić information content (AvgIpc) is 3.25. The molecule has 8 nitrogen and oxygen atoms in total. The van der Waals surface area contributed by atoms with Crippen LogP contribution in [0.3, 0.4) is 0 Å². The Kier molecular flexibility index (Phi) is 9.95. The highest BCUT2D eigenvalue weighted by atomic mass is 35.5. The topological polar surface area (TPSA) is 98.1 Å². The van der Waals surface area contributed by atoms with Crippen LogP contribution in [0.15, 0.2) is 66.3 Å². The number of carbonyl (C=O) groups is 2. The summed E-state index contributed by atoms with van der Waals surface area (Å²) in [5.41, 5.74) is 1.04. The number of rotatable bonds is 12. The van der Waals surface area contributed by atoms with E-state index in [-0.39, 0.29) is 23.5 Å². The van der Waals surface area contributed by atoms with Crippen molar-refractivity contribution >= 4 is 40.9 Å². The number of ether oxygens (including phenoxy) is 1. The van der Waals surface area contributed by atoms with Gasteiger partial charge in [-0.2, -0.15) is 0 Å². The molecule has 0 unspecified atom stereocenters. The standard InChI is InChI=1S/C26H30ClN5O3S/c1-5-13-32-24(22(14-17(2)3)29-25(34)20-11-6-7-12-21(20)27)30-31-26(32)36-16-23(33)28-18-9-8-10-19(15-18)35-4/h5-12,15,17,22H,1,13-14,16H2,2-4H3,(H,28,33)(H,29,34)/t22-/m0/s1. The van der Waals surface area contributed by atoms with E-state index in [2.05, 4.69) is 41.3 Å². The number of nitrogens with zero attached hydrogens (tertiary/aromatic N) is 3. The Balaban J connectivity index is 1.77. The summed E-state index contributed by atoms with van der Waals surface area (Å²) in [5, 5.41) is 15.6. The summed E-state index contributed by atoms with van der Waals surface area (Å²) in [6.45, 7) is 8.42. The third-order valence-electron chi connectivity index (χ3n) is 5.19. The number of benzene rings is 2. The molecule has 1 aromatic heterocycles. The Morgan fingerprint density at radius 3 is 2.67 bits per heavy atom. The van der Waals surface area contributed by atoms with Gasteiger partial charge in [0, 0.05) is 18.3 Å². The number of halogens is 1. The van der Waals surface area contributed by atoms with Gasteiger partial charge >= 0.3 is 0 Å². The molecule has 0 spiro atoms. The van der Waals surface area contributed by atoms with Gasteiger partial charge in [-0.25, -0.2) is 0 Å². The smallest absolute Gasteiger partial charge is 0.253 e. The van der Waals surface area contributed by atoms with Gasteiger partial charge in [0.15, 0.2) is 11.0 Å². The van der Waals surface area contributed by atoms with E-state index >= 15 is 0 Å². The fourth-order valence-electron chi connectivity index (χ4n) is 3.57. The summed E-state index contributed by atoms with van der Waals surface area (Å²) in [6, 6.07) is 13.7. The van der Waals surface area contributed by atoms with Crippen LogP contribution in [0.5, 0.6) is 5.75 Å². The first-order valence-electron chi connectivity index (χ1n) is 11.5. The van der Waals surface area contributed by atoms with E-state index in [4.69, 9.17) is 16.3 Å². The summed E-state index contributed by atoms with van der Waals surface area (Å²) in [5.74, 6) is 1.19. The Morgan fingerprint density at radius 2 is 1.97 bits per heavy atom. The second kappa shape index (κ2) is 13.1. The Labute approximate surface area is 220 Å². The molecule has 1 heterocycles. The van der Waals surface area contributed by atoms with Crippen molar-refractivity contribution < 1.29 is 14.3 Å². The zero-order valence-corrected chi connectivity index (χ0v) is 22.1. The Morgan fingerprint density at radius 1 is 1.19 bits per heavy atom. The first kappa shape index (κ1) is 27.3. The first-order chi connectivity index (χ1) is 17.3. The van der Waals surface area contributed by atoms with Crippen LogP contribution in [0.4, 0.5) is 5.69 Å². The van der Waals surface area contributed by atoms with Gasteiger partial charge in [0.25, 0.3) is 5.91 Å². The van der Waals surface area contributed by atoms with Crippen LogP contribution in [0, 0.1) is 5.92 Å². The van der Waals surface area contributed by atoms with Gasteiger partial charge in [-0.15, -0.1) is 16.8 Å². The minimum absolute atomic E-state index is 0.132. The molecule has 2 amide bonds. The summed E-state index contributed by atoms with van der Waals surface area (Å²) < 4.78 is 7.07. The van der Waals surface area contributed by atoms with Crippen molar-refractivity contribution in [2.75, 3.05) is 18.2 Å². The number of allylic oxidation sites excluding steroid dienone is 1. The molecule has 1 atom stereocenters. The van der Waals surface area contributed by atoms with Crippen molar-refractivity contribution in [3.05, 3.63) is 77.6 Å². The molecular weight excluding hydrogens is 498 g/mol. The fraction of sp³-hybridized carbons (Fsp3) is 0.308. The largest absolute Gasteiger partial charge is 0.497 e. The minimum atomic E-state index is -0.402. The molecule has 0 radical (unpaired) electrons. The zero-order chi connectivity index (χ0) is 26.1. The van der Waals surface area contributed by atoms with Gasteiger partial charge in [-0.1, -0.05) is 61.5 Å². The van der Waals surface area contributed by atoms with Gasteiger partial charge in [0.05, 0.1) is 29.5 Å². The van der Waals surface area contributed by atoms with Gasteiger partial charge < -0.3 is 19.9 Å². The average molecular weight is 528 g/mol. The van der Waals surface area contributed by atoms with Crippen LogP contribution in [0.2, 0.25) is 5.02 Å². The van der Waals surface area contributed by atoms with Crippen molar-refractivity contribution in [3.63, 3.8) is 0 Å². The molecule has 3 rings (SSSR count). The lowest BCUT2D eigenvalue weighted by Gasteiger charge is -2.21. The molecule has 10 heteroatoms. The molecule has 190 valence electrons. The predicted octanol–water partition coefficient (Wildman–Crippen LogP) is 5.37. The SMILES string of the molecule is C=CCn1c(SCC(=O)Nc2cccc(OC)c2)nnc1[C@H](CC(C)C)NC(=O)c1ccccc1Cl. The number of nitrogens with one attached hydrogen (secondary N) is 2. The monoisotopic (exact) mass is 527 g/mol. The minimum Gasteiger partial charge on any atom is -0.497 e. The molecule has 36 heavy (non-hydrogen) atoms. The van der Waals surface area contributed by atoms with E-state index in [1.54, 1.807) is 55.7 Å². The number of methoxy groups -OCH3 is 1. The highest BCUT2D eigenvalue weighted by Crippen LogP contribution is 2.26.